The summed E-state index contributed by atoms with van der Waals surface area (Å²) in [5, 5.41) is 8.35. The lowest BCUT2D eigenvalue weighted by atomic mass is 9.99. The van der Waals surface area contributed by atoms with E-state index in [1.165, 1.54) is 11.3 Å². The van der Waals surface area contributed by atoms with Gasteiger partial charge in [0.1, 0.15) is 29.4 Å². The van der Waals surface area contributed by atoms with E-state index in [1.807, 2.05) is 23.6 Å². The maximum absolute atomic E-state index is 12.5. The van der Waals surface area contributed by atoms with Gasteiger partial charge < -0.3 is 18.6 Å². The summed E-state index contributed by atoms with van der Waals surface area (Å²) in [5.41, 5.74) is 2.14. The van der Waals surface area contributed by atoms with Crippen LogP contribution in [0.25, 0.3) is 27.4 Å². The molecule has 212 valence electrons. The van der Waals surface area contributed by atoms with Crippen LogP contribution in [0.15, 0.2) is 34.2 Å². The Morgan fingerprint density at radius 1 is 1.15 bits per heavy atom. The van der Waals surface area contributed by atoms with Crippen molar-refractivity contribution in [3.8, 4) is 28.1 Å². The van der Waals surface area contributed by atoms with Crippen molar-refractivity contribution in [2.75, 3.05) is 27.3 Å². The van der Waals surface area contributed by atoms with Gasteiger partial charge in [-0.15, -0.1) is 16.4 Å². The second-order valence-corrected chi connectivity index (χ2v) is 14.1. The smallest absolute Gasteiger partial charge is 0.294 e. The molecule has 0 bridgehead atoms. The molecule has 0 amide bonds. The van der Waals surface area contributed by atoms with Gasteiger partial charge in [-0.25, -0.2) is 22.7 Å². The van der Waals surface area contributed by atoms with Gasteiger partial charge in [0.2, 0.25) is 15.0 Å². The molecule has 6 rings (SSSR count). The average molecular weight is 604 g/mol. The zero-order valence-electron chi connectivity index (χ0n) is 22.5. The van der Waals surface area contributed by atoms with E-state index in [4.69, 9.17) is 23.6 Å². The molecule has 5 aromatic rings. The maximum atomic E-state index is 12.5. The highest BCUT2D eigenvalue weighted by Gasteiger charge is 2.31. The molecule has 0 radical (unpaired) electrons. The summed E-state index contributed by atoms with van der Waals surface area (Å²) in [5.74, 6) is 2.06. The van der Waals surface area contributed by atoms with Crippen molar-refractivity contribution in [2.24, 2.45) is 0 Å². The van der Waals surface area contributed by atoms with E-state index in [9.17, 15) is 8.42 Å². The van der Waals surface area contributed by atoms with Crippen molar-refractivity contribution >= 4 is 48.6 Å². The number of ether oxygens (including phenoxy) is 3. The molecule has 1 aliphatic heterocycles. The number of hydrogen-bond acceptors (Lipinski definition) is 11. The first kappa shape index (κ1) is 27.0. The number of benzene rings is 1. The first-order chi connectivity index (χ1) is 19.3. The second kappa shape index (κ2) is 10.7. The number of sulfonamides is 1. The van der Waals surface area contributed by atoms with Gasteiger partial charge in [0.15, 0.2) is 5.76 Å². The molecule has 40 heavy (non-hydrogen) atoms. The van der Waals surface area contributed by atoms with E-state index in [0.717, 1.165) is 28.9 Å². The predicted octanol–water partition coefficient (Wildman–Crippen LogP) is 5.17. The summed E-state index contributed by atoms with van der Waals surface area (Å²) in [6.45, 7) is 4.78. The van der Waals surface area contributed by atoms with Gasteiger partial charge in [0.25, 0.3) is 5.19 Å². The van der Waals surface area contributed by atoms with Crippen molar-refractivity contribution in [2.45, 2.75) is 44.5 Å². The third-order valence-corrected chi connectivity index (χ3v) is 11.2. The Morgan fingerprint density at radius 2 is 1.95 bits per heavy atom. The summed E-state index contributed by atoms with van der Waals surface area (Å²) in [6, 6.07) is 5.56. The molecule has 1 aliphatic rings. The van der Waals surface area contributed by atoms with Crippen molar-refractivity contribution in [3.63, 3.8) is 0 Å². The molecular formula is C26H29N5O6S3. The summed E-state index contributed by atoms with van der Waals surface area (Å²) < 4.78 is 51.4. The average Bonchev–Trinajstić information content (AvgIpc) is 3.74. The number of methoxy groups -OCH3 is 2. The van der Waals surface area contributed by atoms with Gasteiger partial charge in [0.05, 0.1) is 41.8 Å². The van der Waals surface area contributed by atoms with Crippen LogP contribution in [0.2, 0.25) is 0 Å². The number of rotatable bonds is 9. The molecule has 4 aromatic heterocycles. The van der Waals surface area contributed by atoms with Crippen LogP contribution in [0.3, 0.4) is 0 Å². The molecule has 0 saturated carbocycles. The minimum Gasteiger partial charge on any atom is -0.496 e. The lowest BCUT2D eigenvalue weighted by Gasteiger charge is -2.31. The third kappa shape index (κ3) is 4.93. The molecule has 0 spiro atoms. The molecule has 1 fully saturated rings. The third-order valence-electron chi connectivity index (χ3n) is 7.01. The quantitative estimate of drug-likeness (QED) is 0.224. The lowest BCUT2D eigenvalue weighted by Crippen LogP contribution is -2.41. The van der Waals surface area contributed by atoms with E-state index in [-0.39, 0.29) is 12.5 Å². The summed E-state index contributed by atoms with van der Waals surface area (Å²) in [4.78, 5) is 9.94. The molecule has 0 aliphatic carbocycles. The van der Waals surface area contributed by atoms with E-state index in [1.54, 1.807) is 54.4 Å². The van der Waals surface area contributed by atoms with Gasteiger partial charge in [-0.2, -0.15) is 4.52 Å². The van der Waals surface area contributed by atoms with Gasteiger partial charge in [-0.1, -0.05) is 0 Å². The van der Waals surface area contributed by atoms with E-state index < -0.39 is 15.3 Å². The zero-order chi connectivity index (χ0) is 28.0. The topological polar surface area (TPSA) is 121 Å². The molecule has 0 unspecified atom stereocenters. The number of fused-ring (bicyclic) bond motifs is 2. The van der Waals surface area contributed by atoms with Crippen LogP contribution in [0, 0.1) is 0 Å². The number of imidazole rings is 1. The van der Waals surface area contributed by atoms with E-state index in [2.05, 4.69) is 10.1 Å². The fourth-order valence-corrected chi connectivity index (χ4v) is 7.74. The minimum absolute atomic E-state index is 0.245. The monoisotopic (exact) mass is 603 g/mol. The molecule has 1 saturated heterocycles. The first-order valence-corrected chi connectivity index (χ1v) is 16.0. The molecule has 14 heteroatoms. The molecule has 5 heterocycles. The fourth-order valence-electron chi connectivity index (χ4n) is 4.76. The SMILES string of the molecule is COc1cc(OCc2csc(C3CCN(S(=O)(=O)C(C)C)CC3)n2)c2cc(-c3cnc4sc(OC)nn34)oc2c1. The van der Waals surface area contributed by atoms with Gasteiger partial charge in [-0.05, 0) is 44.1 Å². The van der Waals surface area contributed by atoms with Gasteiger partial charge >= 0.3 is 0 Å². The first-order valence-electron chi connectivity index (χ1n) is 12.8. The second-order valence-electron chi connectivity index (χ2n) is 9.79. The number of piperidine rings is 1. The van der Waals surface area contributed by atoms with Crippen LogP contribution in [0.5, 0.6) is 16.7 Å². The number of furan rings is 1. The molecule has 11 nitrogen and oxygen atoms in total. The Kier molecular flexibility index (Phi) is 7.19. The summed E-state index contributed by atoms with van der Waals surface area (Å²) in [7, 11) is -0.0509. The Hall–Kier alpha value is -3.20. The normalized spacial score (nSPS) is 15.4. The van der Waals surface area contributed by atoms with E-state index >= 15 is 0 Å². The maximum Gasteiger partial charge on any atom is 0.294 e. The van der Waals surface area contributed by atoms with Crippen LogP contribution in [0.4, 0.5) is 0 Å². The standard InChI is InChI=1S/C26H29N5O6S3/c1-15(2)40(32,33)30-7-5-16(6-8-30)24-28-17(14-38-24)13-36-21-9-18(34-3)10-22-19(21)11-23(37-22)20-12-27-25-31(20)29-26(35-4)39-25/h9-12,14-16H,5-8,13H2,1-4H3. The van der Waals surface area contributed by atoms with Crippen LogP contribution >= 0.6 is 22.7 Å². The van der Waals surface area contributed by atoms with Crippen LogP contribution in [0.1, 0.15) is 43.3 Å². The molecule has 1 aromatic carbocycles. The van der Waals surface area contributed by atoms with Crippen molar-refractivity contribution < 1.29 is 27.0 Å². The zero-order valence-corrected chi connectivity index (χ0v) is 24.9. The highest BCUT2D eigenvalue weighted by molar-refractivity contribution is 7.89. The van der Waals surface area contributed by atoms with Crippen molar-refractivity contribution in [3.05, 3.63) is 40.5 Å². The van der Waals surface area contributed by atoms with Gasteiger partial charge in [0, 0.05) is 36.5 Å². The Balaban J connectivity index is 1.19. The van der Waals surface area contributed by atoms with Crippen molar-refractivity contribution in [1.29, 1.82) is 0 Å². The largest absolute Gasteiger partial charge is 0.496 e. The summed E-state index contributed by atoms with van der Waals surface area (Å²) >= 11 is 2.94. The fraction of sp³-hybridized carbons (Fsp3) is 0.423. The molecule has 0 N–H and O–H groups in total. The van der Waals surface area contributed by atoms with Crippen molar-refractivity contribution in [1.82, 2.24) is 23.9 Å². The van der Waals surface area contributed by atoms with E-state index in [0.29, 0.717) is 51.8 Å². The Labute approximate surface area is 239 Å². The van der Waals surface area contributed by atoms with Gasteiger partial charge in [-0.3, -0.25) is 0 Å². The van der Waals surface area contributed by atoms with Crippen LogP contribution < -0.4 is 14.2 Å². The molecular weight excluding hydrogens is 575 g/mol. The Bertz CT molecular complexity index is 1760. The van der Waals surface area contributed by atoms with Crippen LogP contribution in [-0.4, -0.2) is 64.9 Å². The predicted molar refractivity (Wildman–Crippen MR) is 153 cm³/mol. The summed E-state index contributed by atoms with van der Waals surface area (Å²) in [6.07, 6.45) is 3.24. The lowest BCUT2D eigenvalue weighted by molar-refractivity contribution is 0.300. The number of hydrogen-bond donors (Lipinski definition) is 0. The molecule has 0 atom stereocenters. The van der Waals surface area contributed by atoms with Crippen LogP contribution in [-0.2, 0) is 16.6 Å². The number of nitrogens with zero attached hydrogens (tertiary/aromatic N) is 5. The number of aromatic nitrogens is 4. The minimum atomic E-state index is -3.22. The highest BCUT2D eigenvalue weighted by atomic mass is 32.2. The highest BCUT2D eigenvalue weighted by Crippen LogP contribution is 2.38. The number of thiazole rings is 1. The Morgan fingerprint density at radius 3 is 2.67 bits per heavy atom.